The average molecular weight is 346 g/mol. The Labute approximate surface area is 129 Å². The predicted molar refractivity (Wildman–Crippen MR) is 82.7 cm³/mol. The van der Waals surface area contributed by atoms with Gasteiger partial charge < -0.3 is 5.11 Å². The quantitative estimate of drug-likeness (QED) is 0.786. The minimum atomic E-state index is -0.749. The van der Waals surface area contributed by atoms with Gasteiger partial charge in [-0.05, 0) is 35.8 Å². The molecule has 5 nitrogen and oxygen atoms in total. The minimum absolute atomic E-state index is 0.364. The summed E-state index contributed by atoms with van der Waals surface area (Å²) in [4.78, 5) is 13.1. The van der Waals surface area contributed by atoms with Crippen LogP contribution in [0.1, 0.15) is 39.1 Å². The van der Waals surface area contributed by atoms with Crippen molar-refractivity contribution in [2.75, 3.05) is 13.1 Å². The zero-order valence-electron chi connectivity index (χ0n) is 12.7. The molecule has 0 amide bonds. The Morgan fingerprint density at radius 1 is 1.45 bits per heavy atom. The first-order valence-electron chi connectivity index (χ1n) is 7.13. The van der Waals surface area contributed by atoms with Crippen LogP contribution in [0.3, 0.4) is 0 Å². The molecule has 1 heterocycles. The molecule has 1 rings (SSSR count). The van der Waals surface area contributed by atoms with Gasteiger partial charge in [0, 0.05) is 19.6 Å². The van der Waals surface area contributed by atoms with Crippen LogP contribution in [0.5, 0.6) is 0 Å². The van der Waals surface area contributed by atoms with Gasteiger partial charge in [0.2, 0.25) is 0 Å². The van der Waals surface area contributed by atoms with E-state index in [1.807, 2.05) is 4.68 Å². The third-order valence-corrected chi connectivity index (χ3v) is 4.38. The number of carbonyl (C=O) groups is 1. The molecular weight excluding hydrogens is 322 g/mol. The van der Waals surface area contributed by atoms with Gasteiger partial charge in [-0.1, -0.05) is 20.8 Å². The molecule has 0 bridgehead atoms. The summed E-state index contributed by atoms with van der Waals surface area (Å²) in [6, 6.07) is 0. The molecule has 20 heavy (non-hydrogen) atoms. The van der Waals surface area contributed by atoms with Crippen molar-refractivity contribution in [1.29, 1.82) is 0 Å². The molecule has 0 spiro atoms. The van der Waals surface area contributed by atoms with Crippen LogP contribution in [-0.4, -0.2) is 38.8 Å². The lowest BCUT2D eigenvalue weighted by molar-refractivity contribution is -0.141. The third kappa shape index (κ3) is 4.06. The summed E-state index contributed by atoms with van der Waals surface area (Å²) < 4.78 is 3.06. The number of carboxylic acids is 1. The summed E-state index contributed by atoms with van der Waals surface area (Å²) >= 11 is 3.63. The Kier molecular flexibility index (Phi) is 6.68. The largest absolute Gasteiger partial charge is 0.481 e. The van der Waals surface area contributed by atoms with Gasteiger partial charge in [0.1, 0.15) is 0 Å². The van der Waals surface area contributed by atoms with E-state index in [9.17, 15) is 4.79 Å². The van der Waals surface area contributed by atoms with Crippen LogP contribution in [-0.2, 0) is 24.3 Å². The fourth-order valence-electron chi connectivity index (χ4n) is 2.15. The van der Waals surface area contributed by atoms with Crippen molar-refractivity contribution in [3.63, 3.8) is 0 Å². The van der Waals surface area contributed by atoms with Crippen molar-refractivity contribution in [1.82, 2.24) is 14.7 Å². The summed E-state index contributed by atoms with van der Waals surface area (Å²) in [5.74, 6) is -1.11. The number of rotatable bonds is 8. The highest BCUT2D eigenvalue weighted by Crippen LogP contribution is 2.24. The van der Waals surface area contributed by atoms with E-state index < -0.39 is 5.97 Å². The Morgan fingerprint density at radius 3 is 2.55 bits per heavy atom. The Hall–Kier alpha value is -0.880. The standard InChI is InChI=1S/C14H24BrN3O2/c1-5-11-13(15)12(18(7-3)16-11)9-17(6-2)8-10(4)14(19)20/h10H,5-9H2,1-4H3,(H,19,20). The molecule has 1 aromatic rings. The molecule has 0 radical (unpaired) electrons. The lowest BCUT2D eigenvalue weighted by Crippen LogP contribution is -2.32. The molecule has 114 valence electrons. The molecule has 0 aliphatic carbocycles. The molecule has 1 aromatic heterocycles. The SMILES string of the molecule is CCc1nn(CC)c(CN(CC)CC(C)C(=O)O)c1Br. The molecule has 1 unspecified atom stereocenters. The first-order valence-corrected chi connectivity index (χ1v) is 7.92. The van der Waals surface area contributed by atoms with Crippen LogP contribution in [0.25, 0.3) is 0 Å². The molecule has 0 aliphatic rings. The van der Waals surface area contributed by atoms with Gasteiger partial charge in [-0.3, -0.25) is 14.4 Å². The molecule has 0 aliphatic heterocycles. The zero-order chi connectivity index (χ0) is 15.3. The Balaban J connectivity index is 2.89. The van der Waals surface area contributed by atoms with Crippen molar-refractivity contribution >= 4 is 21.9 Å². The summed E-state index contributed by atoms with van der Waals surface area (Å²) in [6.07, 6.45) is 0.887. The Morgan fingerprint density at radius 2 is 2.10 bits per heavy atom. The van der Waals surface area contributed by atoms with E-state index in [1.54, 1.807) is 6.92 Å². The molecule has 6 heteroatoms. The van der Waals surface area contributed by atoms with Crippen LogP contribution < -0.4 is 0 Å². The lowest BCUT2D eigenvalue weighted by atomic mass is 10.1. The van der Waals surface area contributed by atoms with Gasteiger partial charge in [-0.2, -0.15) is 5.10 Å². The van der Waals surface area contributed by atoms with Crippen molar-refractivity contribution in [2.24, 2.45) is 5.92 Å². The van der Waals surface area contributed by atoms with Crippen LogP contribution in [0, 0.1) is 5.92 Å². The molecule has 0 saturated carbocycles. The number of hydrogen-bond donors (Lipinski definition) is 1. The van der Waals surface area contributed by atoms with E-state index in [0.717, 1.165) is 41.9 Å². The summed E-state index contributed by atoms with van der Waals surface area (Å²) in [6.45, 7) is 10.9. The third-order valence-electron chi connectivity index (χ3n) is 3.47. The number of carboxylic acid groups (broad SMARTS) is 1. The minimum Gasteiger partial charge on any atom is -0.481 e. The van der Waals surface area contributed by atoms with Crippen molar-refractivity contribution in [2.45, 2.75) is 47.2 Å². The number of aromatic nitrogens is 2. The number of aliphatic carboxylic acids is 1. The smallest absolute Gasteiger partial charge is 0.307 e. The molecule has 1 atom stereocenters. The van der Waals surface area contributed by atoms with Gasteiger partial charge >= 0.3 is 5.97 Å². The first kappa shape index (κ1) is 17.2. The van der Waals surface area contributed by atoms with Gasteiger partial charge in [0.05, 0.1) is 21.8 Å². The maximum atomic E-state index is 11.0. The number of aryl methyl sites for hydroxylation is 2. The Bertz CT molecular complexity index is 460. The van der Waals surface area contributed by atoms with Crippen molar-refractivity contribution in [3.05, 3.63) is 15.9 Å². The number of hydrogen-bond acceptors (Lipinski definition) is 3. The van der Waals surface area contributed by atoms with Crippen LogP contribution in [0.15, 0.2) is 4.47 Å². The highest BCUT2D eigenvalue weighted by Gasteiger charge is 2.19. The second-order valence-electron chi connectivity index (χ2n) is 4.94. The van der Waals surface area contributed by atoms with Gasteiger partial charge in [0.25, 0.3) is 0 Å². The summed E-state index contributed by atoms with van der Waals surface area (Å²) in [5.41, 5.74) is 2.19. The maximum Gasteiger partial charge on any atom is 0.307 e. The first-order chi connectivity index (χ1) is 9.44. The van der Waals surface area contributed by atoms with Crippen LogP contribution in [0.2, 0.25) is 0 Å². The van der Waals surface area contributed by atoms with Gasteiger partial charge in [-0.15, -0.1) is 0 Å². The number of nitrogens with zero attached hydrogens (tertiary/aromatic N) is 3. The van der Waals surface area contributed by atoms with E-state index in [2.05, 4.69) is 46.7 Å². The molecule has 0 saturated heterocycles. The predicted octanol–water partition coefficient (Wildman–Crippen LogP) is 2.77. The maximum absolute atomic E-state index is 11.0. The highest BCUT2D eigenvalue weighted by molar-refractivity contribution is 9.10. The fraction of sp³-hybridized carbons (Fsp3) is 0.714. The monoisotopic (exact) mass is 345 g/mol. The van der Waals surface area contributed by atoms with E-state index in [1.165, 1.54) is 0 Å². The van der Waals surface area contributed by atoms with E-state index in [-0.39, 0.29) is 5.92 Å². The summed E-state index contributed by atoms with van der Waals surface area (Å²) in [7, 11) is 0. The van der Waals surface area contributed by atoms with Crippen LogP contribution in [0.4, 0.5) is 0 Å². The summed E-state index contributed by atoms with van der Waals surface area (Å²) in [5, 5.41) is 13.6. The second kappa shape index (κ2) is 7.78. The van der Waals surface area contributed by atoms with Gasteiger partial charge in [0.15, 0.2) is 0 Å². The molecular formula is C14H24BrN3O2. The van der Waals surface area contributed by atoms with E-state index in [4.69, 9.17) is 5.11 Å². The van der Waals surface area contributed by atoms with Crippen LogP contribution >= 0.6 is 15.9 Å². The fourth-order valence-corrected chi connectivity index (χ4v) is 2.84. The normalized spacial score (nSPS) is 12.9. The zero-order valence-corrected chi connectivity index (χ0v) is 14.3. The van der Waals surface area contributed by atoms with E-state index >= 15 is 0 Å². The molecule has 0 aromatic carbocycles. The number of halogens is 1. The van der Waals surface area contributed by atoms with Gasteiger partial charge in [-0.25, -0.2) is 0 Å². The molecule has 1 N–H and O–H groups in total. The average Bonchev–Trinajstić information content (AvgIpc) is 2.73. The topological polar surface area (TPSA) is 58.4 Å². The molecule has 0 fully saturated rings. The van der Waals surface area contributed by atoms with Crippen molar-refractivity contribution in [3.8, 4) is 0 Å². The lowest BCUT2D eigenvalue weighted by Gasteiger charge is -2.23. The highest BCUT2D eigenvalue weighted by atomic mass is 79.9. The van der Waals surface area contributed by atoms with E-state index in [0.29, 0.717) is 6.54 Å². The van der Waals surface area contributed by atoms with Crippen molar-refractivity contribution < 1.29 is 9.90 Å². The second-order valence-corrected chi connectivity index (χ2v) is 5.74.